The maximum Gasteiger partial charge on any atom is 0.315 e. The summed E-state index contributed by atoms with van der Waals surface area (Å²) in [6.07, 6.45) is 0.551. The van der Waals surface area contributed by atoms with Crippen LogP contribution >= 0.6 is 0 Å². The molecule has 2 aromatic rings. The summed E-state index contributed by atoms with van der Waals surface area (Å²) in [7, 11) is 0. The lowest BCUT2D eigenvalue weighted by atomic mass is 10.2. The van der Waals surface area contributed by atoms with Crippen molar-refractivity contribution >= 4 is 6.03 Å². The Balaban J connectivity index is 1.63. The van der Waals surface area contributed by atoms with Gasteiger partial charge in [-0.3, -0.25) is 0 Å². The number of aromatic amines is 1. The molecule has 0 saturated carbocycles. The molecule has 0 unspecified atom stereocenters. The predicted octanol–water partition coefficient (Wildman–Crippen LogP) is 0.242. The number of carbonyl (C=O) groups excluding carboxylic acids is 1. The number of H-pyrrole nitrogens is 1. The van der Waals surface area contributed by atoms with E-state index in [1.165, 1.54) is 0 Å². The molecule has 0 aliphatic rings. The molecule has 0 saturated heterocycles. The summed E-state index contributed by atoms with van der Waals surface area (Å²) >= 11 is 0. The van der Waals surface area contributed by atoms with Gasteiger partial charge in [-0.05, 0) is 5.56 Å². The summed E-state index contributed by atoms with van der Waals surface area (Å²) in [5.74, 6) is 0.582. The summed E-state index contributed by atoms with van der Waals surface area (Å²) in [5.41, 5.74) is 1.06. The van der Waals surface area contributed by atoms with Gasteiger partial charge in [-0.2, -0.15) is 5.21 Å². The second-order valence-corrected chi connectivity index (χ2v) is 3.67. The molecule has 18 heavy (non-hydrogen) atoms. The SMILES string of the molecule is O=C(NCCc1nn[nH]n1)NCc1ccccc1. The Morgan fingerprint density at radius 2 is 2.06 bits per heavy atom. The standard InChI is InChI=1S/C11H14N6O/c18-11(12-7-6-10-14-16-17-15-10)13-8-9-4-2-1-3-5-9/h1-5H,6-8H2,(H2,12,13,18)(H,14,15,16,17). The molecule has 94 valence electrons. The second kappa shape index (κ2) is 6.33. The van der Waals surface area contributed by atoms with Gasteiger partial charge >= 0.3 is 6.03 Å². The Hall–Kier alpha value is -2.44. The number of nitrogens with one attached hydrogen (secondary N) is 3. The highest BCUT2D eigenvalue weighted by atomic mass is 16.2. The van der Waals surface area contributed by atoms with Gasteiger partial charge in [0.15, 0.2) is 5.82 Å². The van der Waals surface area contributed by atoms with Crippen LogP contribution in [0.4, 0.5) is 4.79 Å². The quantitative estimate of drug-likeness (QED) is 0.704. The molecular weight excluding hydrogens is 232 g/mol. The molecule has 0 radical (unpaired) electrons. The number of tetrazole rings is 1. The third-order valence-corrected chi connectivity index (χ3v) is 2.32. The maximum atomic E-state index is 11.5. The van der Waals surface area contributed by atoms with Crippen LogP contribution in [0.15, 0.2) is 30.3 Å². The van der Waals surface area contributed by atoms with Crippen molar-refractivity contribution in [2.45, 2.75) is 13.0 Å². The zero-order valence-electron chi connectivity index (χ0n) is 9.76. The molecule has 0 aliphatic carbocycles. The van der Waals surface area contributed by atoms with E-state index in [2.05, 4.69) is 31.3 Å². The Bertz CT molecular complexity index is 470. The van der Waals surface area contributed by atoms with Gasteiger partial charge in [0.1, 0.15) is 0 Å². The molecule has 1 heterocycles. The summed E-state index contributed by atoms with van der Waals surface area (Å²) in [4.78, 5) is 11.5. The zero-order valence-corrected chi connectivity index (χ0v) is 9.76. The summed E-state index contributed by atoms with van der Waals surface area (Å²) < 4.78 is 0. The van der Waals surface area contributed by atoms with Crippen LogP contribution in [0, 0.1) is 0 Å². The third-order valence-electron chi connectivity index (χ3n) is 2.32. The van der Waals surface area contributed by atoms with E-state index >= 15 is 0 Å². The number of urea groups is 1. The van der Waals surface area contributed by atoms with E-state index in [-0.39, 0.29) is 6.03 Å². The first-order valence-corrected chi connectivity index (χ1v) is 5.62. The molecule has 1 aromatic heterocycles. The van der Waals surface area contributed by atoms with Crippen LogP contribution in [0.5, 0.6) is 0 Å². The molecule has 0 aliphatic heterocycles. The first-order chi connectivity index (χ1) is 8.84. The lowest BCUT2D eigenvalue weighted by molar-refractivity contribution is 0.240. The molecule has 2 amide bonds. The van der Waals surface area contributed by atoms with E-state index < -0.39 is 0 Å². The Labute approximate surface area is 104 Å². The number of carbonyl (C=O) groups is 1. The van der Waals surface area contributed by atoms with Crippen LogP contribution < -0.4 is 10.6 Å². The molecule has 7 nitrogen and oxygen atoms in total. The van der Waals surface area contributed by atoms with Gasteiger partial charge < -0.3 is 10.6 Å². The van der Waals surface area contributed by atoms with Crippen LogP contribution in [0.1, 0.15) is 11.4 Å². The highest BCUT2D eigenvalue weighted by Crippen LogP contribution is 1.96. The average Bonchev–Trinajstić information content (AvgIpc) is 2.91. The smallest absolute Gasteiger partial charge is 0.315 e. The minimum atomic E-state index is -0.206. The molecule has 0 atom stereocenters. The van der Waals surface area contributed by atoms with Crippen molar-refractivity contribution < 1.29 is 4.79 Å². The van der Waals surface area contributed by atoms with Crippen molar-refractivity contribution in [2.75, 3.05) is 6.54 Å². The van der Waals surface area contributed by atoms with Crippen LogP contribution in [-0.4, -0.2) is 33.2 Å². The van der Waals surface area contributed by atoms with E-state index in [9.17, 15) is 4.79 Å². The van der Waals surface area contributed by atoms with Crippen LogP contribution in [0.2, 0.25) is 0 Å². The number of hydrogen-bond donors (Lipinski definition) is 3. The monoisotopic (exact) mass is 246 g/mol. The van der Waals surface area contributed by atoms with Crippen molar-refractivity contribution in [3.8, 4) is 0 Å². The second-order valence-electron chi connectivity index (χ2n) is 3.67. The highest BCUT2D eigenvalue weighted by Gasteiger charge is 2.01. The molecule has 1 aromatic carbocycles. The summed E-state index contributed by atoms with van der Waals surface area (Å²) in [6, 6.07) is 9.52. The Kier molecular flexibility index (Phi) is 4.23. The molecule has 0 fully saturated rings. The first kappa shape index (κ1) is 12.0. The van der Waals surface area contributed by atoms with Crippen molar-refractivity contribution in [1.29, 1.82) is 0 Å². The zero-order chi connectivity index (χ0) is 12.6. The summed E-state index contributed by atoms with van der Waals surface area (Å²) in [5, 5.41) is 18.8. The molecule has 0 spiro atoms. The van der Waals surface area contributed by atoms with Crippen molar-refractivity contribution in [1.82, 2.24) is 31.3 Å². The first-order valence-electron chi connectivity index (χ1n) is 5.62. The molecule has 2 rings (SSSR count). The van der Waals surface area contributed by atoms with Crippen LogP contribution in [0.3, 0.4) is 0 Å². The van der Waals surface area contributed by atoms with Crippen LogP contribution in [0.25, 0.3) is 0 Å². The third kappa shape index (κ3) is 3.85. The van der Waals surface area contributed by atoms with E-state index in [1.54, 1.807) is 0 Å². The number of rotatable bonds is 5. The van der Waals surface area contributed by atoms with E-state index in [0.717, 1.165) is 5.56 Å². The number of amides is 2. The fraction of sp³-hybridized carbons (Fsp3) is 0.273. The lowest BCUT2D eigenvalue weighted by Crippen LogP contribution is -2.36. The Morgan fingerprint density at radius 3 is 2.78 bits per heavy atom. The highest BCUT2D eigenvalue weighted by molar-refractivity contribution is 5.73. The topological polar surface area (TPSA) is 95.6 Å². The van der Waals surface area contributed by atoms with Gasteiger partial charge in [-0.15, -0.1) is 10.2 Å². The van der Waals surface area contributed by atoms with Gasteiger partial charge in [-0.25, -0.2) is 4.79 Å². The fourth-order valence-electron chi connectivity index (χ4n) is 1.42. The number of aromatic nitrogens is 4. The minimum absolute atomic E-state index is 0.206. The van der Waals surface area contributed by atoms with E-state index in [1.807, 2.05) is 30.3 Å². The predicted molar refractivity (Wildman–Crippen MR) is 64.6 cm³/mol. The number of hydrogen-bond acceptors (Lipinski definition) is 4. The minimum Gasteiger partial charge on any atom is -0.338 e. The van der Waals surface area contributed by atoms with Gasteiger partial charge in [0.25, 0.3) is 0 Å². The van der Waals surface area contributed by atoms with Gasteiger partial charge in [0, 0.05) is 19.5 Å². The average molecular weight is 246 g/mol. The van der Waals surface area contributed by atoms with Crippen LogP contribution in [-0.2, 0) is 13.0 Å². The van der Waals surface area contributed by atoms with Crippen molar-refractivity contribution in [2.24, 2.45) is 0 Å². The van der Waals surface area contributed by atoms with Gasteiger partial charge in [-0.1, -0.05) is 35.5 Å². The Morgan fingerprint density at radius 1 is 1.22 bits per heavy atom. The normalized spacial score (nSPS) is 10.0. The number of nitrogens with zero attached hydrogens (tertiary/aromatic N) is 3. The van der Waals surface area contributed by atoms with Crippen molar-refractivity contribution in [3.05, 3.63) is 41.7 Å². The molecule has 7 heteroatoms. The van der Waals surface area contributed by atoms with Gasteiger partial charge in [0.05, 0.1) is 0 Å². The van der Waals surface area contributed by atoms with Crippen molar-refractivity contribution in [3.63, 3.8) is 0 Å². The largest absolute Gasteiger partial charge is 0.338 e. The lowest BCUT2D eigenvalue weighted by Gasteiger charge is -2.06. The fourth-order valence-corrected chi connectivity index (χ4v) is 1.42. The van der Waals surface area contributed by atoms with E-state index in [0.29, 0.717) is 25.3 Å². The molecule has 3 N–H and O–H groups in total. The van der Waals surface area contributed by atoms with E-state index in [4.69, 9.17) is 0 Å². The molecule has 0 bridgehead atoms. The molecular formula is C11H14N6O. The number of benzene rings is 1. The summed E-state index contributed by atoms with van der Waals surface area (Å²) in [6.45, 7) is 0.981. The maximum absolute atomic E-state index is 11.5. The van der Waals surface area contributed by atoms with Gasteiger partial charge in [0.2, 0.25) is 0 Å².